The molecular weight excluding hydrogens is 276 g/mol. The van der Waals surface area contributed by atoms with Crippen LogP contribution in [0.2, 0.25) is 0 Å². The minimum absolute atomic E-state index is 0.150. The molecule has 1 aromatic rings. The SMILES string of the molecule is CCOC(=O)c1ccc(NC(=O)N(C)CC(=O)OC)cc1. The van der Waals surface area contributed by atoms with Gasteiger partial charge in [0.05, 0.1) is 19.3 Å². The maximum absolute atomic E-state index is 11.8. The van der Waals surface area contributed by atoms with Crippen LogP contribution in [0.3, 0.4) is 0 Å². The molecule has 0 aliphatic carbocycles. The zero-order valence-corrected chi connectivity index (χ0v) is 12.2. The Labute approximate surface area is 122 Å². The summed E-state index contributed by atoms with van der Waals surface area (Å²) in [5.74, 6) is -0.927. The van der Waals surface area contributed by atoms with Crippen LogP contribution in [0.15, 0.2) is 24.3 Å². The number of urea groups is 1. The summed E-state index contributed by atoms with van der Waals surface area (Å²) in [6.45, 7) is 1.88. The van der Waals surface area contributed by atoms with Gasteiger partial charge in [-0.2, -0.15) is 0 Å². The normalized spacial score (nSPS) is 9.67. The molecular formula is C14H18N2O5. The fraction of sp³-hybridized carbons (Fsp3) is 0.357. The summed E-state index contributed by atoms with van der Waals surface area (Å²) in [7, 11) is 2.72. The van der Waals surface area contributed by atoms with Gasteiger partial charge in [0, 0.05) is 12.7 Å². The number of amides is 2. The Morgan fingerprint density at radius 2 is 1.81 bits per heavy atom. The van der Waals surface area contributed by atoms with Crippen LogP contribution < -0.4 is 5.32 Å². The van der Waals surface area contributed by atoms with E-state index in [4.69, 9.17) is 4.74 Å². The van der Waals surface area contributed by atoms with E-state index >= 15 is 0 Å². The molecule has 0 fully saturated rings. The lowest BCUT2D eigenvalue weighted by Gasteiger charge is -2.16. The van der Waals surface area contributed by atoms with Crippen LogP contribution in [0.4, 0.5) is 10.5 Å². The Morgan fingerprint density at radius 3 is 2.33 bits per heavy atom. The lowest BCUT2D eigenvalue weighted by atomic mass is 10.2. The number of esters is 2. The first-order chi connectivity index (χ1) is 9.97. The molecule has 0 spiro atoms. The Balaban J connectivity index is 2.61. The number of nitrogens with one attached hydrogen (secondary N) is 1. The molecule has 21 heavy (non-hydrogen) atoms. The summed E-state index contributed by atoms with van der Waals surface area (Å²) in [6, 6.07) is 5.80. The van der Waals surface area contributed by atoms with Crippen molar-refractivity contribution in [2.45, 2.75) is 6.92 Å². The first-order valence-electron chi connectivity index (χ1n) is 6.34. The van der Waals surface area contributed by atoms with Crippen molar-refractivity contribution >= 4 is 23.7 Å². The van der Waals surface area contributed by atoms with Crippen molar-refractivity contribution in [3.63, 3.8) is 0 Å². The van der Waals surface area contributed by atoms with Gasteiger partial charge in [0.25, 0.3) is 0 Å². The van der Waals surface area contributed by atoms with Gasteiger partial charge in [-0.05, 0) is 31.2 Å². The van der Waals surface area contributed by atoms with E-state index < -0.39 is 18.0 Å². The standard InChI is InChI=1S/C14H18N2O5/c1-4-21-13(18)10-5-7-11(8-6-10)15-14(19)16(2)9-12(17)20-3/h5-8H,4,9H2,1-3H3,(H,15,19). The molecule has 0 atom stereocenters. The molecule has 0 saturated heterocycles. The molecule has 1 N–H and O–H groups in total. The quantitative estimate of drug-likeness (QED) is 0.832. The molecule has 0 bridgehead atoms. The van der Waals surface area contributed by atoms with E-state index in [-0.39, 0.29) is 6.54 Å². The van der Waals surface area contributed by atoms with E-state index in [2.05, 4.69) is 10.1 Å². The number of methoxy groups -OCH3 is 1. The van der Waals surface area contributed by atoms with Gasteiger partial charge < -0.3 is 19.7 Å². The average Bonchev–Trinajstić information content (AvgIpc) is 2.47. The zero-order valence-electron chi connectivity index (χ0n) is 12.2. The van der Waals surface area contributed by atoms with Crippen LogP contribution in [0.5, 0.6) is 0 Å². The Morgan fingerprint density at radius 1 is 1.19 bits per heavy atom. The minimum Gasteiger partial charge on any atom is -0.468 e. The molecule has 7 heteroatoms. The second-order valence-electron chi connectivity index (χ2n) is 4.16. The maximum Gasteiger partial charge on any atom is 0.338 e. The molecule has 0 heterocycles. The second kappa shape index (κ2) is 7.88. The smallest absolute Gasteiger partial charge is 0.338 e. The van der Waals surface area contributed by atoms with Crippen molar-refractivity contribution in [1.82, 2.24) is 4.90 Å². The van der Waals surface area contributed by atoms with Crippen molar-refractivity contribution in [3.8, 4) is 0 Å². The topological polar surface area (TPSA) is 84.9 Å². The van der Waals surface area contributed by atoms with Gasteiger partial charge in [0.2, 0.25) is 0 Å². The monoisotopic (exact) mass is 294 g/mol. The van der Waals surface area contributed by atoms with Crippen LogP contribution in [0, 0.1) is 0 Å². The number of likely N-dealkylation sites (N-methyl/N-ethyl adjacent to an activating group) is 1. The maximum atomic E-state index is 11.8. The molecule has 0 unspecified atom stereocenters. The summed E-state index contributed by atoms with van der Waals surface area (Å²) in [6.07, 6.45) is 0. The van der Waals surface area contributed by atoms with Gasteiger partial charge in [-0.1, -0.05) is 0 Å². The molecule has 1 aromatic carbocycles. The van der Waals surface area contributed by atoms with Gasteiger partial charge in [-0.25, -0.2) is 9.59 Å². The van der Waals surface area contributed by atoms with Crippen molar-refractivity contribution in [1.29, 1.82) is 0 Å². The zero-order chi connectivity index (χ0) is 15.8. The first kappa shape index (κ1) is 16.5. The number of anilines is 1. The van der Waals surface area contributed by atoms with Crippen molar-refractivity contribution in [2.24, 2.45) is 0 Å². The third-order valence-corrected chi connectivity index (χ3v) is 2.59. The summed E-state index contributed by atoms with van der Waals surface area (Å²) in [4.78, 5) is 35.5. The predicted octanol–water partition coefficient (Wildman–Crippen LogP) is 1.50. The van der Waals surface area contributed by atoms with E-state index in [0.717, 1.165) is 0 Å². The first-order valence-corrected chi connectivity index (χ1v) is 6.34. The molecule has 0 aliphatic heterocycles. The van der Waals surface area contributed by atoms with Crippen LogP contribution in [-0.4, -0.2) is 50.2 Å². The molecule has 7 nitrogen and oxygen atoms in total. The van der Waals surface area contributed by atoms with Crippen molar-refractivity contribution in [2.75, 3.05) is 32.6 Å². The molecule has 1 rings (SSSR count). The average molecular weight is 294 g/mol. The Hall–Kier alpha value is -2.57. The van der Waals surface area contributed by atoms with Crippen molar-refractivity contribution in [3.05, 3.63) is 29.8 Å². The highest BCUT2D eigenvalue weighted by Crippen LogP contribution is 2.11. The fourth-order valence-corrected chi connectivity index (χ4v) is 1.45. The summed E-state index contributed by atoms with van der Waals surface area (Å²) in [5, 5.41) is 2.60. The molecule has 0 aliphatic rings. The van der Waals surface area contributed by atoms with Crippen LogP contribution in [0.25, 0.3) is 0 Å². The predicted molar refractivity (Wildman–Crippen MR) is 76.1 cm³/mol. The number of carbonyl (C=O) groups excluding carboxylic acids is 3. The number of nitrogens with zero attached hydrogens (tertiary/aromatic N) is 1. The largest absolute Gasteiger partial charge is 0.468 e. The highest BCUT2D eigenvalue weighted by molar-refractivity contribution is 5.93. The number of benzene rings is 1. The van der Waals surface area contributed by atoms with Gasteiger partial charge in [-0.3, -0.25) is 4.79 Å². The third kappa shape index (κ3) is 5.13. The van der Waals surface area contributed by atoms with Crippen LogP contribution in [0.1, 0.15) is 17.3 Å². The number of hydrogen-bond acceptors (Lipinski definition) is 5. The van der Waals surface area contributed by atoms with Crippen molar-refractivity contribution < 1.29 is 23.9 Å². The molecule has 2 amide bonds. The molecule has 114 valence electrons. The Bertz CT molecular complexity index is 513. The van der Waals surface area contributed by atoms with Gasteiger partial charge in [0.15, 0.2) is 0 Å². The van der Waals surface area contributed by atoms with E-state index in [9.17, 15) is 14.4 Å². The lowest BCUT2D eigenvalue weighted by Crippen LogP contribution is -2.35. The minimum atomic E-state index is -0.509. The second-order valence-corrected chi connectivity index (χ2v) is 4.16. The van der Waals surface area contributed by atoms with Gasteiger partial charge >= 0.3 is 18.0 Å². The van der Waals surface area contributed by atoms with Crippen LogP contribution >= 0.6 is 0 Å². The van der Waals surface area contributed by atoms with E-state index in [0.29, 0.717) is 17.9 Å². The highest BCUT2D eigenvalue weighted by Gasteiger charge is 2.13. The number of carbonyl (C=O) groups is 3. The third-order valence-electron chi connectivity index (χ3n) is 2.59. The fourth-order valence-electron chi connectivity index (χ4n) is 1.45. The van der Waals surface area contributed by atoms with E-state index in [1.165, 1.54) is 19.1 Å². The summed E-state index contributed by atoms with van der Waals surface area (Å²) < 4.78 is 9.33. The Kier molecular flexibility index (Phi) is 6.19. The summed E-state index contributed by atoms with van der Waals surface area (Å²) in [5.41, 5.74) is 0.905. The lowest BCUT2D eigenvalue weighted by molar-refractivity contribution is -0.140. The highest BCUT2D eigenvalue weighted by atomic mass is 16.5. The number of hydrogen-bond donors (Lipinski definition) is 1. The molecule has 0 aromatic heterocycles. The van der Waals surface area contributed by atoms with E-state index in [1.807, 2.05) is 0 Å². The number of rotatable bonds is 5. The van der Waals surface area contributed by atoms with Crippen LogP contribution in [-0.2, 0) is 14.3 Å². The van der Waals surface area contributed by atoms with E-state index in [1.54, 1.807) is 31.2 Å². The molecule has 0 radical (unpaired) electrons. The van der Waals surface area contributed by atoms with Gasteiger partial charge in [-0.15, -0.1) is 0 Å². The summed E-state index contributed by atoms with van der Waals surface area (Å²) >= 11 is 0. The number of ether oxygens (including phenoxy) is 2. The van der Waals surface area contributed by atoms with Gasteiger partial charge in [0.1, 0.15) is 6.54 Å². The molecule has 0 saturated carbocycles.